The van der Waals surface area contributed by atoms with Crippen LogP contribution < -0.4 is 10.1 Å². The van der Waals surface area contributed by atoms with Crippen LogP contribution in [0.3, 0.4) is 0 Å². The summed E-state index contributed by atoms with van der Waals surface area (Å²) in [6.45, 7) is 5.01. The maximum Gasteiger partial charge on any atom is 0.165 e. The molecule has 0 amide bonds. The van der Waals surface area contributed by atoms with Crippen LogP contribution in [-0.4, -0.2) is 16.1 Å². The van der Waals surface area contributed by atoms with Crippen molar-refractivity contribution in [1.82, 2.24) is 14.9 Å². The summed E-state index contributed by atoms with van der Waals surface area (Å²) in [5.41, 5.74) is 0.890. The molecule has 0 radical (unpaired) electrons. The molecule has 1 heterocycles. The van der Waals surface area contributed by atoms with Crippen molar-refractivity contribution in [3.05, 3.63) is 46.8 Å². The minimum atomic E-state index is -0.377. The molecule has 21 heavy (non-hydrogen) atoms. The summed E-state index contributed by atoms with van der Waals surface area (Å²) in [6, 6.07) is 5.10. The third-order valence-electron chi connectivity index (χ3n) is 3.35. The van der Waals surface area contributed by atoms with Crippen molar-refractivity contribution in [1.29, 1.82) is 0 Å². The summed E-state index contributed by atoms with van der Waals surface area (Å²) in [4.78, 5) is 4.10. The van der Waals surface area contributed by atoms with Crippen LogP contribution in [0.2, 0.25) is 5.15 Å². The van der Waals surface area contributed by atoms with Gasteiger partial charge in [-0.1, -0.05) is 24.6 Å². The smallest absolute Gasteiger partial charge is 0.165 e. The molecule has 114 valence electrons. The first-order valence-corrected chi connectivity index (χ1v) is 7.22. The molecule has 1 atom stereocenters. The molecule has 4 nitrogen and oxygen atoms in total. The van der Waals surface area contributed by atoms with Crippen LogP contribution in [0, 0.1) is 5.82 Å². The van der Waals surface area contributed by atoms with Crippen LogP contribution in [0.15, 0.2) is 24.4 Å². The summed E-state index contributed by atoms with van der Waals surface area (Å²) in [7, 11) is 1.78. The predicted molar refractivity (Wildman–Crippen MR) is 81.0 cm³/mol. The fourth-order valence-electron chi connectivity index (χ4n) is 2.03. The van der Waals surface area contributed by atoms with E-state index in [9.17, 15) is 4.39 Å². The Hall–Kier alpha value is -1.59. The zero-order chi connectivity index (χ0) is 15.4. The highest BCUT2D eigenvalue weighted by molar-refractivity contribution is 6.29. The third kappa shape index (κ3) is 3.74. The van der Waals surface area contributed by atoms with E-state index in [2.05, 4.69) is 10.3 Å². The van der Waals surface area contributed by atoms with E-state index in [1.54, 1.807) is 17.7 Å². The van der Waals surface area contributed by atoms with E-state index in [0.717, 1.165) is 12.1 Å². The van der Waals surface area contributed by atoms with Gasteiger partial charge in [-0.2, -0.15) is 0 Å². The summed E-state index contributed by atoms with van der Waals surface area (Å²) >= 11 is 5.89. The van der Waals surface area contributed by atoms with Crippen molar-refractivity contribution in [3.63, 3.8) is 0 Å². The molecule has 1 unspecified atom stereocenters. The minimum absolute atomic E-state index is 0.104. The maximum atomic E-state index is 14.1. The van der Waals surface area contributed by atoms with Crippen molar-refractivity contribution in [2.75, 3.05) is 6.54 Å². The first-order valence-electron chi connectivity index (χ1n) is 6.84. The van der Waals surface area contributed by atoms with E-state index < -0.39 is 0 Å². The first-order chi connectivity index (χ1) is 10.0. The number of aromatic nitrogens is 2. The SMILES string of the molecule is CCNC(C)c1ccc(OCc2ncc(Cl)n2C)c(F)c1. The standard InChI is InChI=1S/C15H19ClFN3O/c1-4-18-10(2)11-5-6-13(12(17)7-11)21-9-15-19-8-14(16)20(15)3/h5-8,10,18H,4,9H2,1-3H3. The van der Waals surface area contributed by atoms with E-state index in [4.69, 9.17) is 16.3 Å². The van der Waals surface area contributed by atoms with Gasteiger partial charge in [0.15, 0.2) is 11.6 Å². The highest BCUT2D eigenvalue weighted by Crippen LogP contribution is 2.23. The number of halogens is 2. The molecule has 0 fully saturated rings. The fraction of sp³-hybridized carbons (Fsp3) is 0.400. The Kier molecular flexibility index (Phi) is 5.20. The van der Waals surface area contributed by atoms with Crippen molar-refractivity contribution < 1.29 is 9.13 Å². The van der Waals surface area contributed by atoms with Crippen molar-refractivity contribution in [2.24, 2.45) is 7.05 Å². The topological polar surface area (TPSA) is 39.1 Å². The molecular formula is C15H19ClFN3O. The second kappa shape index (κ2) is 6.91. The summed E-state index contributed by atoms with van der Waals surface area (Å²) < 4.78 is 21.2. The van der Waals surface area contributed by atoms with Gasteiger partial charge in [-0.3, -0.25) is 0 Å². The maximum absolute atomic E-state index is 14.1. The molecule has 0 saturated carbocycles. The van der Waals surface area contributed by atoms with Gasteiger partial charge in [-0.15, -0.1) is 0 Å². The molecule has 1 aromatic heterocycles. The van der Waals surface area contributed by atoms with Crippen molar-refractivity contribution >= 4 is 11.6 Å². The molecule has 0 aliphatic carbocycles. The average Bonchev–Trinajstić information content (AvgIpc) is 2.78. The van der Waals surface area contributed by atoms with Gasteiger partial charge < -0.3 is 14.6 Å². The molecule has 0 bridgehead atoms. The van der Waals surface area contributed by atoms with Crippen LogP contribution in [0.25, 0.3) is 0 Å². The quantitative estimate of drug-likeness (QED) is 0.888. The lowest BCUT2D eigenvalue weighted by atomic mass is 10.1. The van der Waals surface area contributed by atoms with Crippen LogP contribution in [0.5, 0.6) is 5.75 Å². The van der Waals surface area contributed by atoms with E-state index in [1.807, 2.05) is 19.9 Å². The number of nitrogens with zero attached hydrogens (tertiary/aromatic N) is 2. The average molecular weight is 312 g/mol. The Bertz CT molecular complexity index is 615. The molecule has 0 spiro atoms. The first kappa shape index (κ1) is 15.8. The molecular weight excluding hydrogens is 293 g/mol. The number of ether oxygens (including phenoxy) is 1. The zero-order valence-corrected chi connectivity index (χ0v) is 13.1. The van der Waals surface area contributed by atoms with E-state index in [0.29, 0.717) is 11.0 Å². The van der Waals surface area contributed by atoms with Gasteiger partial charge in [0, 0.05) is 13.1 Å². The highest BCUT2D eigenvalue weighted by atomic mass is 35.5. The molecule has 2 aromatic rings. The summed E-state index contributed by atoms with van der Waals surface area (Å²) in [6.07, 6.45) is 1.54. The van der Waals surface area contributed by atoms with Crippen LogP contribution in [-0.2, 0) is 13.7 Å². The van der Waals surface area contributed by atoms with E-state index >= 15 is 0 Å². The van der Waals surface area contributed by atoms with Gasteiger partial charge in [0.05, 0.1) is 6.20 Å². The largest absolute Gasteiger partial charge is 0.483 e. The summed E-state index contributed by atoms with van der Waals surface area (Å²) in [5, 5.41) is 3.76. The van der Waals surface area contributed by atoms with Gasteiger partial charge in [-0.25, -0.2) is 9.37 Å². The Balaban J connectivity index is 2.06. The number of nitrogens with one attached hydrogen (secondary N) is 1. The lowest BCUT2D eigenvalue weighted by molar-refractivity contribution is 0.277. The van der Waals surface area contributed by atoms with Crippen molar-refractivity contribution in [3.8, 4) is 5.75 Å². The van der Waals surface area contributed by atoms with Gasteiger partial charge in [-0.05, 0) is 31.2 Å². The lowest BCUT2D eigenvalue weighted by Crippen LogP contribution is -2.17. The second-order valence-corrected chi connectivity index (χ2v) is 5.20. The molecule has 0 aliphatic rings. The third-order valence-corrected chi connectivity index (χ3v) is 3.70. The van der Waals surface area contributed by atoms with Gasteiger partial charge in [0.25, 0.3) is 0 Å². The second-order valence-electron chi connectivity index (χ2n) is 4.81. The summed E-state index contributed by atoms with van der Waals surface area (Å²) in [5.74, 6) is 0.476. The van der Waals surface area contributed by atoms with E-state index in [1.165, 1.54) is 12.3 Å². The van der Waals surface area contributed by atoms with Gasteiger partial charge >= 0.3 is 0 Å². The predicted octanol–water partition coefficient (Wildman–Crippen LogP) is 3.46. The molecule has 6 heteroatoms. The molecule has 0 aliphatic heterocycles. The Morgan fingerprint density at radius 2 is 2.24 bits per heavy atom. The number of benzene rings is 1. The Morgan fingerprint density at radius 3 is 2.81 bits per heavy atom. The Morgan fingerprint density at radius 1 is 1.48 bits per heavy atom. The fourth-order valence-corrected chi connectivity index (χ4v) is 2.17. The Labute approximate surface area is 128 Å². The normalized spacial score (nSPS) is 12.4. The van der Waals surface area contributed by atoms with Crippen LogP contribution >= 0.6 is 11.6 Å². The molecule has 0 saturated heterocycles. The zero-order valence-electron chi connectivity index (χ0n) is 12.4. The van der Waals surface area contributed by atoms with E-state index in [-0.39, 0.29) is 24.2 Å². The minimum Gasteiger partial charge on any atom is -0.483 e. The van der Waals surface area contributed by atoms with Crippen molar-refractivity contribution in [2.45, 2.75) is 26.5 Å². The monoisotopic (exact) mass is 311 g/mol. The van der Waals surface area contributed by atoms with Gasteiger partial charge in [0.1, 0.15) is 17.6 Å². The lowest BCUT2D eigenvalue weighted by Gasteiger charge is -2.14. The molecule has 2 rings (SSSR count). The number of hydrogen-bond donors (Lipinski definition) is 1. The number of rotatable bonds is 6. The highest BCUT2D eigenvalue weighted by Gasteiger charge is 2.11. The number of imidazole rings is 1. The number of hydrogen-bond acceptors (Lipinski definition) is 3. The van der Waals surface area contributed by atoms with Crippen LogP contribution in [0.1, 0.15) is 31.3 Å². The molecule has 1 aromatic carbocycles. The van der Waals surface area contributed by atoms with Gasteiger partial charge in [0.2, 0.25) is 0 Å². The van der Waals surface area contributed by atoms with Crippen LogP contribution in [0.4, 0.5) is 4.39 Å². The molecule has 1 N–H and O–H groups in total.